The summed E-state index contributed by atoms with van der Waals surface area (Å²) in [5.41, 5.74) is 0. The van der Waals surface area contributed by atoms with E-state index in [1.54, 1.807) is 0 Å². The van der Waals surface area contributed by atoms with Crippen LogP contribution < -0.4 is 5.32 Å². The molecular formula is C6H9F2NO2. The molecule has 1 atom stereocenters. The minimum Gasteiger partial charge on any atom is -0.480 e. The molecule has 0 aromatic heterocycles. The molecular weight excluding hydrogens is 156 g/mol. The molecule has 0 spiro atoms. The number of hydrogen-bond acceptors (Lipinski definition) is 2. The van der Waals surface area contributed by atoms with Gasteiger partial charge in [-0.3, -0.25) is 10.1 Å². The van der Waals surface area contributed by atoms with Gasteiger partial charge in [-0.1, -0.05) is 0 Å². The Labute approximate surface area is 62.4 Å². The van der Waals surface area contributed by atoms with Crippen LogP contribution in [0.1, 0.15) is 12.8 Å². The summed E-state index contributed by atoms with van der Waals surface area (Å²) in [5.74, 6) is -3.79. The largest absolute Gasteiger partial charge is 0.480 e. The summed E-state index contributed by atoms with van der Waals surface area (Å²) in [5, 5.41) is 10.7. The maximum atomic E-state index is 12.4. The molecule has 1 saturated heterocycles. The summed E-state index contributed by atoms with van der Waals surface area (Å²) in [6, 6.07) is -0.797. The minimum atomic E-state index is -2.73. The van der Waals surface area contributed by atoms with Gasteiger partial charge in [0, 0.05) is 6.42 Å². The molecule has 0 radical (unpaired) electrons. The first-order chi connectivity index (χ1) is 5.01. The molecule has 1 unspecified atom stereocenters. The van der Waals surface area contributed by atoms with Gasteiger partial charge < -0.3 is 5.11 Å². The third-order valence-corrected chi connectivity index (χ3v) is 1.70. The highest BCUT2D eigenvalue weighted by Crippen LogP contribution is 2.24. The molecule has 0 aromatic carbocycles. The summed E-state index contributed by atoms with van der Waals surface area (Å²) in [7, 11) is 0. The average molecular weight is 165 g/mol. The van der Waals surface area contributed by atoms with Crippen LogP contribution in [0.5, 0.6) is 0 Å². The van der Waals surface area contributed by atoms with Crippen LogP contribution >= 0.6 is 0 Å². The SMILES string of the molecule is O=C(O)C1CCC(F)(F)CN1. The third kappa shape index (κ3) is 2.11. The standard InChI is InChI=1S/C6H9F2NO2/c7-6(8)2-1-4(5(10)11)9-3-6/h4,9H,1-3H2,(H,10,11). The van der Waals surface area contributed by atoms with E-state index in [0.717, 1.165) is 0 Å². The van der Waals surface area contributed by atoms with Crippen molar-refractivity contribution in [3.05, 3.63) is 0 Å². The van der Waals surface area contributed by atoms with Crippen LogP contribution in [0.25, 0.3) is 0 Å². The fourth-order valence-electron chi connectivity index (χ4n) is 1.03. The molecule has 0 aliphatic carbocycles. The summed E-state index contributed by atoms with van der Waals surface area (Å²) in [4.78, 5) is 10.3. The van der Waals surface area contributed by atoms with Crippen LogP contribution in [-0.4, -0.2) is 29.6 Å². The van der Waals surface area contributed by atoms with E-state index in [-0.39, 0.29) is 12.8 Å². The molecule has 0 bridgehead atoms. The second-order valence-corrected chi connectivity index (χ2v) is 2.67. The first kappa shape index (κ1) is 8.39. The molecule has 64 valence electrons. The first-order valence-electron chi connectivity index (χ1n) is 3.35. The molecule has 1 fully saturated rings. The van der Waals surface area contributed by atoms with Gasteiger partial charge in [-0.15, -0.1) is 0 Å². The highest BCUT2D eigenvalue weighted by Gasteiger charge is 2.36. The van der Waals surface area contributed by atoms with Gasteiger partial charge in [-0.25, -0.2) is 8.78 Å². The van der Waals surface area contributed by atoms with E-state index in [0.29, 0.717) is 0 Å². The Morgan fingerprint density at radius 3 is 2.64 bits per heavy atom. The number of carboxylic acids is 1. The number of rotatable bonds is 1. The lowest BCUT2D eigenvalue weighted by molar-refractivity contribution is -0.142. The Kier molecular flexibility index (Phi) is 2.08. The fourth-order valence-corrected chi connectivity index (χ4v) is 1.03. The summed E-state index contributed by atoms with van der Waals surface area (Å²) in [6.07, 6.45) is -0.334. The van der Waals surface area contributed by atoms with E-state index < -0.39 is 24.5 Å². The zero-order valence-corrected chi connectivity index (χ0v) is 5.81. The van der Waals surface area contributed by atoms with E-state index in [9.17, 15) is 13.6 Å². The van der Waals surface area contributed by atoms with Crippen LogP contribution in [-0.2, 0) is 4.79 Å². The van der Waals surface area contributed by atoms with Crippen molar-refractivity contribution in [1.29, 1.82) is 0 Å². The number of aliphatic carboxylic acids is 1. The summed E-state index contributed by atoms with van der Waals surface area (Å²) >= 11 is 0. The van der Waals surface area contributed by atoms with Crippen molar-refractivity contribution in [2.24, 2.45) is 0 Å². The van der Waals surface area contributed by atoms with Gasteiger partial charge in [-0.2, -0.15) is 0 Å². The molecule has 1 heterocycles. The molecule has 2 N–H and O–H groups in total. The Bertz CT molecular complexity index is 162. The van der Waals surface area contributed by atoms with Crippen LogP contribution in [0.4, 0.5) is 8.78 Å². The Balaban J connectivity index is 2.42. The van der Waals surface area contributed by atoms with Gasteiger partial charge >= 0.3 is 5.97 Å². The van der Waals surface area contributed by atoms with Gasteiger partial charge in [0.15, 0.2) is 0 Å². The van der Waals surface area contributed by atoms with Gasteiger partial charge in [0.2, 0.25) is 0 Å². The number of piperidine rings is 1. The minimum absolute atomic E-state index is 0.00231. The maximum Gasteiger partial charge on any atom is 0.320 e. The first-order valence-corrected chi connectivity index (χ1v) is 3.35. The van der Waals surface area contributed by atoms with Crippen LogP contribution in [0.15, 0.2) is 0 Å². The second-order valence-electron chi connectivity index (χ2n) is 2.67. The lowest BCUT2D eigenvalue weighted by Gasteiger charge is -2.26. The van der Waals surface area contributed by atoms with Gasteiger partial charge in [-0.05, 0) is 6.42 Å². The number of carbonyl (C=O) groups is 1. The van der Waals surface area contributed by atoms with Gasteiger partial charge in [0.1, 0.15) is 6.04 Å². The molecule has 11 heavy (non-hydrogen) atoms. The molecule has 3 nitrogen and oxygen atoms in total. The normalized spacial score (nSPS) is 29.8. The zero-order valence-electron chi connectivity index (χ0n) is 5.81. The van der Waals surface area contributed by atoms with Crippen LogP contribution in [0.2, 0.25) is 0 Å². The van der Waals surface area contributed by atoms with Crippen molar-refractivity contribution in [1.82, 2.24) is 5.32 Å². The van der Waals surface area contributed by atoms with Crippen molar-refractivity contribution >= 4 is 5.97 Å². The predicted molar refractivity (Wildman–Crippen MR) is 33.6 cm³/mol. The predicted octanol–water partition coefficient (Wildman–Crippen LogP) is 0.458. The third-order valence-electron chi connectivity index (χ3n) is 1.70. The maximum absolute atomic E-state index is 12.4. The molecule has 1 aliphatic heterocycles. The van der Waals surface area contributed by atoms with E-state index in [1.807, 2.05) is 0 Å². The average Bonchev–Trinajstić information content (AvgIpc) is 1.86. The molecule has 0 amide bonds. The summed E-state index contributed by atoms with van der Waals surface area (Å²) in [6.45, 7) is -0.524. The van der Waals surface area contributed by atoms with Crippen LogP contribution in [0, 0.1) is 0 Å². The van der Waals surface area contributed by atoms with Crippen molar-refractivity contribution in [2.45, 2.75) is 24.8 Å². The van der Waals surface area contributed by atoms with E-state index in [2.05, 4.69) is 5.32 Å². The summed E-state index contributed by atoms with van der Waals surface area (Å²) < 4.78 is 24.8. The number of halogens is 2. The lowest BCUT2D eigenvalue weighted by Crippen LogP contribution is -2.48. The monoisotopic (exact) mass is 165 g/mol. The van der Waals surface area contributed by atoms with Crippen molar-refractivity contribution < 1.29 is 18.7 Å². The Morgan fingerprint density at radius 1 is 1.64 bits per heavy atom. The Morgan fingerprint density at radius 2 is 2.27 bits per heavy atom. The Hall–Kier alpha value is -0.710. The molecule has 0 aromatic rings. The number of alkyl halides is 2. The smallest absolute Gasteiger partial charge is 0.320 e. The molecule has 1 rings (SSSR count). The van der Waals surface area contributed by atoms with Crippen molar-refractivity contribution in [2.75, 3.05) is 6.54 Å². The van der Waals surface area contributed by atoms with Crippen LogP contribution in [0.3, 0.4) is 0 Å². The van der Waals surface area contributed by atoms with Crippen molar-refractivity contribution in [3.63, 3.8) is 0 Å². The van der Waals surface area contributed by atoms with E-state index >= 15 is 0 Å². The fraction of sp³-hybridized carbons (Fsp3) is 0.833. The van der Waals surface area contributed by atoms with E-state index in [1.165, 1.54) is 0 Å². The highest BCUT2D eigenvalue weighted by atomic mass is 19.3. The topological polar surface area (TPSA) is 49.3 Å². The highest BCUT2D eigenvalue weighted by molar-refractivity contribution is 5.73. The molecule has 0 saturated carbocycles. The number of carboxylic acid groups (broad SMARTS) is 1. The second kappa shape index (κ2) is 2.73. The van der Waals surface area contributed by atoms with Gasteiger partial charge in [0.25, 0.3) is 5.92 Å². The molecule has 5 heteroatoms. The van der Waals surface area contributed by atoms with Gasteiger partial charge in [0.05, 0.1) is 6.54 Å². The lowest BCUT2D eigenvalue weighted by atomic mass is 10.0. The number of nitrogens with one attached hydrogen (secondary N) is 1. The zero-order chi connectivity index (χ0) is 8.48. The quantitative estimate of drug-likeness (QED) is 0.593. The van der Waals surface area contributed by atoms with E-state index in [4.69, 9.17) is 5.11 Å². The van der Waals surface area contributed by atoms with Crippen molar-refractivity contribution in [3.8, 4) is 0 Å². The molecule has 1 aliphatic rings. The number of hydrogen-bond donors (Lipinski definition) is 2.